The number of carbonyl (C=O) groups is 2. The summed E-state index contributed by atoms with van der Waals surface area (Å²) in [6.07, 6.45) is 3.83. The molecule has 2 aromatic rings. The summed E-state index contributed by atoms with van der Waals surface area (Å²) in [5.74, 6) is -0.189. The average Bonchev–Trinajstić information content (AvgIpc) is 3.56. The molecular formula is C24H29N5O2S. The zero-order valence-corrected chi connectivity index (χ0v) is 19.0. The number of benzene rings is 1. The van der Waals surface area contributed by atoms with Crippen LogP contribution in [-0.2, 0) is 21.7 Å². The standard InChI is InChI=1S/C24H29N5O2S/c30-22-20-13-18-5-3-10-29(18)24(20)19-6-1-2-7-21(19)28(23(24)31)12-11-27(9-4-8-25-22)14-17-15-32-16-26-17/h1-2,6-7,15-16,18,20H,3-5,8-14H2,(H,25,30)/t18-,20-,24+/m0/s1. The Morgan fingerprint density at radius 2 is 2.03 bits per heavy atom. The molecule has 1 N–H and O–H groups in total. The summed E-state index contributed by atoms with van der Waals surface area (Å²) in [5.41, 5.74) is 4.09. The van der Waals surface area contributed by atoms with Crippen molar-refractivity contribution in [2.45, 2.75) is 43.8 Å². The van der Waals surface area contributed by atoms with Crippen LogP contribution in [0.15, 0.2) is 35.2 Å². The predicted molar refractivity (Wildman–Crippen MR) is 123 cm³/mol. The smallest absolute Gasteiger partial charge is 0.253 e. The van der Waals surface area contributed by atoms with Gasteiger partial charge in [0.1, 0.15) is 5.54 Å². The van der Waals surface area contributed by atoms with Crippen molar-refractivity contribution in [3.63, 3.8) is 0 Å². The van der Waals surface area contributed by atoms with E-state index < -0.39 is 5.54 Å². The number of fused-ring (bicyclic) bond motifs is 4. The number of anilines is 1. The van der Waals surface area contributed by atoms with Crippen LogP contribution < -0.4 is 10.2 Å². The molecule has 2 amide bonds. The molecule has 4 aliphatic heterocycles. The lowest BCUT2D eigenvalue weighted by Crippen LogP contribution is -2.57. The average molecular weight is 452 g/mol. The molecule has 8 heteroatoms. The second kappa shape index (κ2) is 7.93. The van der Waals surface area contributed by atoms with Gasteiger partial charge in [-0.15, -0.1) is 11.3 Å². The third kappa shape index (κ3) is 2.96. The van der Waals surface area contributed by atoms with Crippen molar-refractivity contribution in [1.29, 1.82) is 0 Å². The van der Waals surface area contributed by atoms with Gasteiger partial charge in [0.15, 0.2) is 0 Å². The number of thiazole rings is 1. The van der Waals surface area contributed by atoms with Gasteiger partial charge in [-0.2, -0.15) is 0 Å². The number of hydrogen-bond acceptors (Lipinski definition) is 6. The Balaban J connectivity index is 1.40. The van der Waals surface area contributed by atoms with Crippen molar-refractivity contribution in [2.75, 3.05) is 37.6 Å². The third-order valence-corrected chi connectivity index (χ3v) is 8.43. The van der Waals surface area contributed by atoms with E-state index >= 15 is 0 Å². The van der Waals surface area contributed by atoms with Gasteiger partial charge in [0.2, 0.25) is 5.91 Å². The van der Waals surface area contributed by atoms with E-state index in [1.165, 1.54) is 0 Å². The van der Waals surface area contributed by atoms with E-state index in [-0.39, 0.29) is 17.7 Å². The lowest BCUT2D eigenvalue weighted by molar-refractivity contribution is -0.139. The molecule has 1 aromatic carbocycles. The zero-order valence-electron chi connectivity index (χ0n) is 18.2. The van der Waals surface area contributed by atoms with Gasteiger partial charge in [0, 0.05) is 55.4 Å². The minimum Gasteiger partial charge on any atom is -0.356 e. The van der Waals surface area contributed by atoms with Crippen molar-refractivity contribution >= 4 is 28.8 Å². The Morgan fingerprint density at radius 3 is 2.91 bits per heavy atom. The Labute approximate surface area is 192 Å². The van der Waals surface area contributed by atoms with Gasteiger partial charge in [-0.05, 0) is 38.3 Å². The summed E-state index contributed by atoms with van der Waals surface area (Å²) in [4.78, 5) is 38.9. The first kappa shape index (κ1) is 20.3. The fraction of sp³-hybridized carbons (Fsp3) is 0.542. The van der Waals surface area contributed by atoms with Crippen LogP contribution in [0.2, 0.25) is 0 Å². The molecule has 32 heavy (non-hydrogen) atoms. The van der Waals surface area contributed by atoms with Gasteiger partial charge in [0.05, 0.1) is 17.1 Å². The number of nitrogens with zero attached hydrogens (tertiary/aromatic N) is 4. The molecule has 1 spiro atoms. The van der Waals surface area contributed by atoms with Crippen LogP contribution in [0, 0.1) is 5.92 Å². The maximum absolute atomic E-state index is 14.3. The van der Waals surface area contributed by atoms with E-state index in [0.717, 1.165) is 68.8 Å². The van der Waals surface area contributed by atoms with Crippen molar-refractivity contribution in [1.82, 2.24) is 20.1 Å². The second-order valence-electron chi connectivity index (χ2n) is 9.42. The minimum atomic E-state index is -0.846. The van der Waals surface area contributed by atoms with Gasteiger partial charge >= 0.3 is 0 Å². The van der Waals surface area contributed by atoms with E-state index in [1.807, 2.05) is 22.5 Å². The lowest BCUT2D eigenvalue weighted by Gasteiger charge is -2.37. The zero-order chi connectivity index (χ0) is 21.7. The highest BCUT2D eigenvalue weighted by atomic mass is 32.1. The number of para-hydroxylation sites is 1. The summed E-state index contributed by atoms with van der Waals surface area (Å²) in [7, 11) is 0. The summed E-state index contributed by atoms with van der Waals surface area (Å²) >= 11 is 1.61. The Morgan fingerprint density at radius 1 is 1.12 bits per heavy atom. The van der Waals surface area contributed by atoms with Crippen molar-refractivity contribution < 1.29 is 9.59 Å². The normalized spacial score (nSPS) is 30.9. The van der Waals surface area contributed by atoms with E-state index in [1.54, 1.807) is 11.3 Å². The lowest BCUT2D eigenvalue weighted by atomic mass is 9.78. The quantitative estimate of drug-likeness (QED) is 0.758. The maximum Gasteiger partial charge on any atom is 0.253 e. The molecule has 7 nitrogen and oxygen atoms in total. The van der Waals surface area contributed by atoms with Crippen LogP contribution in [0.25, 0.3) is 0 Å². The van der Waals surface area contributed by atoms with Crippen molar-refractivity contribution in [2.24, 2.45) is 5.92 Å². The van der Waals surface area contributed by atoms with E-state index in [9.17, 15) is 9.59 Å². The van der Waals surface area contributed by atoms with Crippen molar-refractivity contribution in [3.05, 3.63) is 46.4 Å². The highest BCUT2D eigenvalue weighted by molar-refractivity contribution is 7.07. The maximum atomic E-state index is 14.3. The van der Waals surface area contributed by atoms with Crippen LogP contribution in [0.4, 0.5) is 5.69 Å². The first-order chi connectivity index (χ1) is 15.7. The summed E-state index contributed by atoms with van der Waals surface area (Å²) in [5, 5.41) is 5.28. The molecule has 168 valence electrons. The molecule has 0 saturated carbocycles. The highest BCUT2D eigenvalue weighted by Gasteiger charge is 2.67. The fourth-order valence-electron chi connectivity index (χ4n) is 6.48. The first-order valence-electron chi connectivity index (χ1n) is 11.7. The monoisotopic (exact) mass is 451 g/mol. The van der Waals surface area contributed by atoms with Crippen LogP contribution in [0.3, 0.4) is 0 Å². The summed E-state index contributed by atoms with van der Waals surface area (Å²) < 4.78 is 0. The first-order valence-corrected chi connectivity index (χ1v) is 12.7. The van der Waals surface area contributed by atoms with Gasteiger partial charge in [-0.25, -0.2) is 4.98 Å². The number of aromatic nitrogens is 1. The number of hydrogen-bond donors (Lipinski definition) is 1. The molecule has 5 heterocycles. The second-order valence-corrected chi connectivity index (χ2v) is 10.1. The number of nitrogens with one attached hydrogen (secondary N) is 1. The molecule has 2 bridgehead atoms. The Hall–Kier alpha value is -2.29. The van der Waals surface area contributed by atoms with Crippen LogP contribution in [0.1, 0.15) is 36.9 Å². The molecule has 0 aliphatic carbocycles. The van der Waals surface area contributed by atoms with Gasteiger partial charge in [0.25, 0.3) is 5.91 Å². The van der Waals surface area contributed by atoms with E-state index in [0.29, 0.717) is 19.1 Å². The molecule has 3 saturated heterocycles. The Kier molecular flexibility index (Phi) is 5.04. The topological polar surface area (TPSA) is 68.8 Å². The summed E-state index contributed by atoms with van der Waals surface area (Å²) in [6.45, 7) is 4.58. The molecule has 0 radical (unpaired) electrons. The highest BCUT2D eigenvalue weighted by Crippen LogP contribution is 2.56. The molecule has 3 atom stereocenters. The summed E-state index contributed by atoms with van der Waals surface area (Å²) in [6, 6.07) is 8.48. The van der Waals surface area contributed by atoms with Crippen LogP contribution in [0.5, 0.6) is 0 Å². The van der Waals surface area contributed by atoms with E-state index in [4.69, 9.17) is 0 Å². The van der Waals surface area contributed by atoms with Crippen LogP contribution >= 0.6 is 11.3 Å². The van der Waals surface area contributed by atoms with Gasteiger partial charge in [-0.1, -0.05) is 18.2 Å². The minimum absolute atomic E-state index is 0.0380. The van der Waals surface area contributed by atoms with Crippen LogP contribution in [-0.4, -0.2) is 65.4 Å². The fourth-order valence-corrected chi connectivity index (χ4v) is 7.03. The van der Waals surface area contributed by atoms with Gasteiger partial charge in [-0.3, -0.25) is 19.4 Å². The largest absolute Gasteiger partial charge is 0.356 e. The molecule has 4 aliphatic rings. The predicted octanol–water partition coefficient (Wildman–Crippen LogP) is 2.19. The molecule has 6 rings (SSSR count). The molecule has 0 unspecified atom stereocenters. The SMILES string of the molecule is O=C1NCCCN(Cc2cscn2)CCN2C(=O)[C@@]3(c4ccccc42)[C@H]1C[C@@H]1CCCN13. The number of amides is 2. The van der Waals surface area contributed by atoms with E-state index in [2.05, 4.69) is 37.6 Å². The molecule has 3 fully saturated rings. The van der Waals surface area contributed by atoms with Crippen molar-refractivity contribution in [3.8, 4) is 0 Å². The molecule has 1 aromatic heterocycles. The van der Waals surface area contributed by atoms with Gasteiger partial charge < -0.3 is 10.2 Å². The number of rotatable bonds is 2. The number of carbonyl (C=O) groups excluding carboxylic acids is 2. The third-order valence-electron chi connectivity index (χ3n) is 7.79. The molecular weight excluding hydrogens is 422 g/mol. The Bertz CT molecular complexity index is 1030.